The quantitative estimate of drug-likeness (QED) is 0.612. The molecule has 6 rings (SSSR count). The van der Waals surface area contributed by atoms with Gasteiger partial charge >= 0.3 is 0 Å². The molecule has 1 saturated carbocycles. The molecule has 1 spiro atoms. The van der Waals surface area contributed by atoms with Crippen LogP contribution in [0.5, 0.6) is 11.5 Å². The summed E-state index contributed by atoms with van der Waals surface area (Å²) in [7, 11) is 0. The monoisotopic (exact) mass is 473 g/mol. The zero-order valence-corrected chi connectivity index (χ0v) is 19.6. The van der Waals surface area contributed by atoms with Crippen molar-refractivity contribution in [1.29, 1.82) is 0 Å². The Labute approximate surface area is 203 Å². The number of carbonyl (C=O) groups is 2. The molecule has 1 saturated heterocycles. The highest BCUT2D eigenvalue weighted by Gasteiger charge is 2.55. The summed E-state index contributed by atoms with van der Waals surface area (Å²) in [6, 6.07) is 10.9. The van der Waals surface area contributed by atoms with E-state index in [9.17, 15) is 9.59 Å². The van der Waals surface area contributed by atoms with Crippen molar-refractivity contribution < 1.29 is 19.1 Å². The van der Waals surface area contributed by atoms with Crippen molar-refractivity contribution in [3.63, 3.8) is 0 Å². The molecule has 0 bridgehead atoms. The van der Waals surface area contributed by atoms with Gasteiger partial charge in [-0.25, -0.2) is 4.68 Å². The van der Waals surface area contributed by atoms with Gasteiger partial charge in [-0.1, -0.05) is 17.3 Å². The minimum Gasteiger partial charge on any atom is -0.486 e. The lowest BCUT2D eigenvalue weighted by molar-refractivity contribution is -0.125. The van der Waals surface area contributed by atoms with E-state index in [4.69, 9.17) is 9.47 Å². The molecule has 0 radical (unpaired) electrons. The predicted octanol–water partition coefficient (Wildman–Crippen LogP) is 2.66. The number of rotatable bonds is 5. The van der Waals surface area contributed by atoms with Crippen LogP contribution in [0, 0.1) is 12.3 Å². The minimum atomic E-state index is -0.480. The van der Waals surface area contributed by atoms with Gasteiger partial charge in [0.1, 0.15) is 19.3 Å². The summed E-state index contributed by atoms with van der Waals surface area (Å²) in [6.45, 7) is 3.85. The number of hydrogen-bond donors (Lipinski definition) is 1. The first-order chi connectivity index (χ1) is 17.0. The van der Waals surface area contributed by atoms with Crippen LogP contribution in [0.4, 0.5) is 0 Å². The fourth-order valence-corrected chi connectivity index (χ4v) is 5.10. The number of aromatic nitrogens is 3. The number of benzene rings is 2. The molecule has 9 heteroatoms. The van der Waals surface area contributed by atoms with E-state index in [1.54, 1.807) is 34.1 Å². The highest BCUT2D eigenvalue weighted by molar-refractivity contribution is 6.00. The van der Waals surface area contributed by atoms with Gasteiger partial charge in [0.15, 0.2) is 11.5 Å². The molecule has 1 N–H and O–H groups in total. The van der Waals surface area contributed by atoms with Crippen LogP contribution >= 0.6 is 0 Å². The van der Waals surface area contributed by atoms with Gasteiger partial charge in [-0.2, -0.15) is 0 Å². The molecule has 2 aliphatic heterocycles. The molecule has 1 aliphatic carbocycles. The standard InChI is InChI=1S/C26H27N5O4/c1-17-20(6-7-22-23(17)35-13-12-34-22)25(33)30-16-26(8-9-26)14-21(30)24(32)27-15-18-2-4-19(5-3-18)31-11-10-28-29-31/h2-7,10-11,21H,8-9,12-16H2,1H3,(H,27,32)/t21-/m1/s1. The number of likely N-dealkylation sites (tertiary alicyclic amines) is 1. The Morgan fingerprint density at radius 2 is 1.91 bits per heavy atom. The smallest absolute Gasteiger partial charge is 0.254 e. The molecule has 2 fully saturated rings. The van der Waals surface area contributed by atoms with Gasteiger partial charge < -0.3 is 19.7 Å². The van der Waals surface area contributed by atoms with Crippen molar-refractivity contribution >= 4 is 11.8 Å². The molecule has 3 heterocycles. The summed E-state index contributed by atoms with van der Waals surface area (Å²) in [5.41, 5.74) is 3.28. The largest absolute Gasteiger partial charge is 0.486 e. The molecule has 2 aromatic carbocycles. The maximum absolute atomic E-state index is 13.6. The van der Waals surface area contributed by atoms with Crippen molar-refractivity contribution in [2.75, 3.05) is 19.8 Å². The van der Waals surface area contributed by atoms with Crippen LogP contribution in [0.3, 0.4) is 0 Å². The van der Waals surface area contributed by atoms with E-state index >= 15 is 0 Å². The summed E-state index contributed by atoms with van der Waals surface area (Å²) in [4.78, 5) is 28.7. The van der Waals surface area contributed by atoms with Gasteiger partial charge in [-0.05, 0) is 61.4 Å². The van der Waals surface area contributed by atoms with Gasteiger partial charge in [-0.3, -0.25) is 9.59 Å². The molecule has 3 aliphatic rings. The SMILES string of the molecule is Cc1c(C(=O)N2CC3(CC3)C[C@@H]2C(=O)NCc2ccc(-n3ccnn3)cc2)ccc2c1OCCO2. The van der Waals surface area contributed by atoms with Crippen molar-refractivity contribution in [2.24, 2.45) is 5.41 Å². The van der Waals surface area contributed by atoms with E-state index in [2.05, 4.69) is 15.6 Å². The second-order valence-corrected chi connectivity index (χ2v) is 9.65. The predicted molar refractivity (Wildman–Crippen MR) is 126 cm³/mol. The fraction of sp³-hybridized carbons (Fsp3) is 0.385. The third-order valence-corrected chi connectivity index (χ3v) is 7.31. The first-order valence-corrected chi connectivity index (χ1v) is 12.0. The van der Waals surface area contributed by atoms with Gasteiger partial charge in [-0.15, -0.1) is 5.10 Å². The molecule has 35 heavy (non-hydrogen) atoms. The highest BCUT2D eigenvalue weighted by Crippen LogP contribution is 2.55. The van der Waals surface area contributed by atoms with Crippen molar-refractivity contribution in [3.8, 4) is 17.2 Å². The van der Waals surface area contributed by atoms with Gasteiger partial charge in [0.05, 0.1) is 18.1 Å². The molecule has 1 atom stereocenters. The van der Waals surface area contributed by atoms with Gasteiger partial charge in [0, 0.05) is 24.2 Å². The Kier molecular flexibility index (Phi) is 5.20. The van der Waals surface area contributed by atoms with E-state index in [-0.39, 0.29) is 17.2 Å². The van der Waals surface area contributed by atoms with Crippen LogP contribution in [0.15, 0.2) is 48.8 Å². The Hall–Kier alpha value is -3.88. The summed E-state index contributed by atoms with van der Waals surface area (Å²) in [5.74, 6) is 1.05. The van der Waals surface area contributed by atoms with Crippen LogP contribution in [0.25, 0.3) is 5.69 Å². The topological polar surface area (TPSA) is 98.6 Å². The summed E-state index contributed by atoms with van der Waals surface area (Å²) in [6.07, 6.45) is 6.23. The first-order valence-electron chi connectivity index (χ1n) is 12.0. The number of amides is 2. The summed E-state index contributed by atoms with van der Waals surface area (Å²) in [5, 5.41) is 10.9. The Bertz CT molecular complexity index is 1270. The highest BCUT2D eigenvalue weighted by atomic mass is 16.6. The molecule has 180 valence electrons. The van der Waals surface area contributed by atoms with Crippen LogP contribution in [-0.4, -0.2) is 57.5 Å². The van der Waals surface area contributed by atoms with Gasteiger partial charge in [0.2, 0.25) is 5.91 Å². The number of nitrogens with one attached hydrogen (secondary N) is 1. The van der Waals surface area contributed by atoms with Crippen molar-refractivity contribution in [2.45, 2.75) is 38.8 Å². The van der Waals surface area contributed by atoms with E-state index < -0.39 is 6.04 Å². The third-order valence-electron chi connectivity index (χ3n) is 7.31. The third kappa shape index (κ3) is 4.00. The number of fused-ring (bicyclic) bond motifs is 1. The fourth-order valence-electron chi connectivity index (χ4n) is 5.10. The Balaban J connectivity index is 1.17. The zero-order valence-electron chi connectivity index (χ0n) is 19.6. The van der Waals surface area contributed by atoms with Crippen LogP contribution in [0.1, 0.15) is 40.7 Å². The average Bonchev–Trinajstić information content (AvgIpc) is 3.26. The summed E-state index contributed by atoms with van der Waals surface area (Å²) >= 11 is 0. The second-order valence-electron chi connectivity index (χ2n) is 9.65. The first kappa shape index (κ1) is 21.6. The summed E-state index contributed by atoms with van der Waals surface area (Å²) < 4.78 is 13.1. The Morgan fingerprint density at radius 1 is 1.11 bits per heavy atom. The maximum atomic E-state index is 13.6. The van der Waals surface area contributed by atoms with Crippen LogP contribution in [-0.2, 0) is 11.3 Å². The molecular formula is C26H27N5O4. The van der Waals surface area contributed by atoms with E-state index in [0.29, 0.717) is 49.8 Å². The minimum absolute atomic E-state index is 0.0822. The molecule has 9 nitrogen and oxygen atoms in total. The number of carbonyl (C=O) groups excluding carboxylic acids is 2. The van der Waals surface area contributed by atoms with E-state index in [1.165, 1.54) is 0 Å². The molecule has 0 unspecified atom stereocenters. The maximum Gasteiger partial charge on any atom is 0.254 e. The number of hydrogen-bond acceptors (Lipinski definition) is 6. The van der Waals surface area contributed by atoms with E-state index in [1.807, 2.05) is 31.2 Å². The lowest BCUT2D eigenvalue weighted by atomic mass is 10.0. The molecular weight excluding hydrogens is 446 g/mol. The lowest BCUT2D eigenvalue weighted by Gasteiger charge is -2.26. The zero-order chi connectivity index (χ0) is 24.0. The van der Waals surface area contributed by atoms with E-state index in [0.717, 1.165) is 29.7 Å². The number of ether oxygens (including phenoxy) is 2. The lowest BCUT2D eigenvalue weighted by Crippen LogP contribution is -2.46. The molecule has 3 aromatic rings. The second kappa shape index (κ2) is 8.41. The van der Waals surface area contributed by atoms with Crippen molar-refractivity contribution in [1.82, 2.24) is 25.2 Å². The van der Waals surface area contributed by atoms with Crippen molar-refractivity contribution in [3.05, 3.63) is 65.5 Å². The normalized spacial score (nSPS) is 19.6. The van der Waals surface area contributed by atoms with Crippen LogP contribution < -0.4 is 14.8 Å². The van der Waals surface area contributed by atoms with Crippen LogP contribution in [0.2, 0.25) is 0 Å². The number of nitrogens with zero attached hydrogens (tertiary/aromatic N) is 4. The average molecular weight is 474 g/mol. The van der Waals surface area contributed by atoms with Gasteiger partial charge in [0.25, 0.3) is 5.91 Å². The molecule has 2 amide bonds. The molecule has 1 aromatic heterocycles. The Morgan fingerprint density at radius 3 is 2.66 bits per heavy atom.